The van der Waals surface area contributed by atoms with Gasteiger partial charge in [-0.3, -0.25) is 4.79 Å². The molecular weight excluding hydrogens is 350 g/mol. The van der Waals surface area contributed by atoms with Crippen molar-refractivity contribution < 1.29 is 13.2 Å². The Morgan fingerprint density at radius 1 is 1.04 bits per heavy atom. The van der Waals surface area contributed by atoms with Gasteiger partial charge < -0.3 is 9.80 Å². The SMILES string of the molecule is CC(=O)N1CCc2cc(S(=O)(=O)N3CCC(N4CCCC4)CC3)ccc21. The minimum atomic E-state index is -3.46. The van der Waals surface area contributed by atoms with Crippen molar-refractivity contribution in [2.24, 2.45) is 0 Å². The highest BCUT2D eigenvalue weighted by atomic mass is 32.2. The van der Waals surface area contributed by atoms with Crippen LogP contribution in [0.5, 0.6) is 0 Å². The van der Waals surface area contributed by atoms with Crippen LogP contribution >= 0.6 is 0 Å². The zero-order valence-electron chi connectivity index (χ0n) is 15.4. The van der Waals surface area contributed by atoms with Gasteiger partial charge in [-0.2, -0.15) is 4.31 Å². The van der Waals surface area contributed by atoms with E-state index in [2.05, 4.69) is 4.90 Å². The number of likely N-dealkylation sites (tertiary alicyclic amines) is 1. The molecule has 6 nitrogen and oxygen atoms in total. The molecule has 0 bridgehead atoms. The highest BCUT2D eigenvalue weighted by Gasteiger charge is 2.33. The van der Waals surface area contributed by atoms with Crippen LogP contribution in [0.2, 0.25) is 0 Å². The molecule has 26 heavy (non-hydrogen) atoms. The number of carbonyl (C=O) groups is 1. The van der Waals surface area contributed by atoms with Gasteiger partial charge in [-0.05, 0) is 69.0 Å². The average Bonchev–Trinajstić information content (AvgIpc) is 3.31. The lowest BCUT2D eigenvalue weighted by molar-refractivity contribution is -0.116. The Morgan fingerprint density at radius 3 is 2.38 bits per heavy atom. The van der Waals surface area contributed by atoms with Gasteiger partial charge in [0.1, 0.15) is 0 Å². The summed E-state index contributed by atoms with van der Waals surface area (Å²) in [6.07, 6.45) is 5.09. The van der Waals surface area contributed by atoms with Gasteiger partial charge in [-0.1, -0.05) is 0 Å². The van der Waals surface area contributed by atoms with Crippen molar-refractivity contribution >= 4 is 21.6 Å². The maximum atomic E-state index is 13.1. The van der Waals surface area contributed by atoms with Crippen LogP contribution in [-0.2, 0) is 21.2 Å². The summed E-state index contributed by atoms with van der Waals surface area (Å²) in [5, 5.41) is 0. The molecule has 0 radical (unpaired) electrons. The van der Waals surface area contributed by atoms with E-state index in [1.165, 1.54) is 12.8 Å². The second-order valence-electron chi connectivity index (χ2n) is 7.59. The standard InChI is InChI=1S/C19H27N3O3S/c1-15(23)22-13-6-16-14-18(4-5-19(16)22)26(24,25)21-11-7-17(8-12-21)20-9-2-3-10-20/h4-5,14,17H,2-3,6-13H2,1H3. The van der Waals surface area contributed by atoms with Crippen LogP contribution in [0, 0.1) is 0 Å². The molecule has 3 aliphatic rings. The molecule has 7 heteroatoms. The molecule has 0 aromatic heterocycles. The number of rotatable bonds is 3. The molecule has 0 atom stereocenters. The molecule has 2 saturated heterocycles. The van der Waals surface area contributed by atoms with E-state index in [1.807, 2.05) is 0 Å². The summed E-state index contributed by atoms with van der Waals surface area (Å²) in [6.45, 7) is 5.70. The normalized spacial score (nSPS) is 22.7. The number of nitrogens with zero attached hydrogens (tertiary/aromatic N) is 3. The van der Waals surface area contributed by atoms with Crippen molar-refractivity contribution in [3.8, 4) is 0 Å². The van der Waals surface area contributed by atoms with Gasteiger partial charge in [0.2, 0.25) is 15.9 Å². The van der Waals surface area contributed by atoms with Crippen molar-refractivity contribution in [3.05, 3.63) is 23.8 Å². The number of piperidine rings is 1. The van der Waals surface area contributed by atoms with Gasteiger partial charge in [0.25, 0.3) is 0 Å². The van der Waals surface area contributed by atoms with E-state index in [-0.39, 0.29) is 5.91 Å². The number of hydrogen-bond acceptors (Lipinski definition) is 4. The van der Waals surface area contributed by atoms with Crippen molar-refractivity contribution in [2.45, 2.75) is 50.0 Å². The van der Waals surface area contributed by atoms with E-state index >= 15 is 0 Å². The Bertz CT molecular complexity index is 794. The molecule has 0 N–H and O–H groups in total. The fourth-order valence-electron chi connectivity index (χ4n) is 4.57. The fourth-order valence-corrected chi connectivity index (χ4v) is 6.09. The zero-order valence-corrected chi connectivity index (χ0v) is 16.2. The van der Waals surface area contributed by atoms with Crippen LogP contribution in [0.25, 0.3) is 0 Å². The first-order chi connectivity index (χ1) is 12.5. The minimum absolute atomic E-state index is 0.00309. The maximum Gasteiger partial charge on any atom is 0.243 e. The second kappa shape index (κ2) is 6.94. The molecule has 4 rings (SSSR count). The van der Waals surface area contributed by atoms with Gasteiger partial charge in [0.15, 0.2) is 0 Å². The van der Waals surface area contributed by atoms with Crippen molar-refractivity contribution in [1.29, 1.82) is 0 Å². The van der Waals surface area contributed by atoms with Crippen LogP contribution in [0.3, 0.4) is 0 Å². The average molecular weight is 378 g/mol. The first-order valence-corrected chi connectivity index (χ1v) is 11.1. The third kappa shape index (κ3) is 3.17. The Balaban J connectivity index is 1.48. The molecule has 0 aliphatic carbocycles. The Morgan fingerprint density at radius 2 is 1.73 bits per heavy atom. The van der Waals surface area contributed by atoms with E-state index in [0.29, 0.717) is 30.6 Å². The first kappa shape index (κ1) is 17.9. The van der Waals surface area contributed by atoms with Gasteiger partial charge in [-0.15, -0.1) is 0 Å². The summed E-state index contributed by atoms with van der Waals surface area (Å²) in [6, 6.07) is 5.74. The first-order valence-electron chi connectivity index (χ1n) is 9.62. The van der Waals surface area contributed by atoms with Gasteiger partial charge in [0, 0.05) is 38.3 Å². The molecule has 0 unspecified atom stereocenters. The Hall–Kier alpha value is -1.44. The molecule has 2 fully saturated rings. The summed E-state index contributed by atoms with van der Waals surface area (Å²) in [7, 11) is -3.46. The lowest BCUT2D eigenvalue weighted by Crippen LogP contribution is -2.45. The predicted octanol–water partition coefficient (Wildman–Crippen LogP) is 1.84. The Labute approximate surface area is 155 Å². The maximum absolute atomic E-state index is 13.1. The number of anilines is 1. The molecule has 3 heterocycles. The van der Waals surface area contributed by atoms with Crippen LogP contribution in [0.4, 0.5) is 5.69 Å². The number of sulfonamides is 1. The van der Waals surface area contributed by atoms with Crippen LogP contribution in [0.1, 0.15) is 38.2 Å². The van der Waals surface area contributed by atoms with Crippen LogP contribution < -0.4 is 4.90 Å². The number of amides is 1. The molecule has 0 saturated carbocycles. The summed E-state index contributed by atoms with van der Waals surface area (Å²) in [5.41, 5.74) is 1.80. The van der Waals surface area contributed by atoms with Gasteiger partial charge >= 0.3 is 0 Å². The number of hydrogen-bond donors (Lipinski definition) is 0. The summed E-state index contributed by atoms with van der Waals surface area (Å²) < 4.78 is 27.8. The van der Waals surface area contributed by atoms with E-state index < -0.39 is 10.0 Å². The minimum Gasteiger partial charge on any atom is -0.312 e. The smallest absolute Gasteiger partial charge is 0.243 e. The van der Waals surface area contributed by atoms with Crippen molar-refractivity contribution in [3.63, 3.8) is 0 Å². The molecule has 1 aromatic rings. The zero-order chi connectivity index (χ0) is 18.3. The molecule has 1 aromatic carbocycles. The van der Waals surface area contributed by atoms with Gasteiger partial charge in [-0.25, -0.2) is 8.42 Å². The van der Waals surface area contributed by atoms with Crippen LogP contribution in [-0.4, -0.2) is 62.3 Å². The lowest BCUT2D eigenvalue weighted by Gasteiger charge is -2.36. The molecule has 0 spiro atoms. The summed E-state index contributed by atoms with van der Waals surface area (Å²) in [4.78, 5) is 16.3. The molecule has 142 valence electrons. The van der Waals surface area contributed by atoms with E-state index in [4.69, 9.17) is 0 Å². The largest absolute Gasteiger partial charge is 0.312 e. The fraction of sp³-hybridized carbons (Fsp3) is 0.632. The predicted molar refractivity (Wildman–Crippen MR) is 101 cm³/mol. The quantitative estimate of drug-likeness (QED) is 0.807. The third-order valence-electron chi connectivity index (χ3n) is 6.04. The van der Waals surface area contributed by atoms with Gasteiger partial charge in [0.05, 0.1) is 4.90 Å². The van der Waals surface area contributed by atoms with Crippen LogP contribution in [0.15, 0.2) is 23.1 Å². The highest BCUT2D eigenvalue weighted by Crippen LogP contribution is 2.32. The monoisotopic (exact) mass is 377 g/mol. The number of carbonyl (C=O) groups excluding carboxylic acids is 1. The molecule has 1 amide bonds. The van der Waals surface area contributed by atoms with Crippen molar-refractivity contribution in [2.75, 3.05) is 37.6 Å². The van der Waals surface area contributed by atoms with Crippen molar-refractivity contribution in [1.82, 2.24) is 9.21 Å². The lowest BCUT2D eigenvalue weighted by atomic mass is 10.1. The summed E-state index contributed by atoms with van der Waals surface area (Å²) in [5.74, 6) is 0.00309. The van der Waals surface area contributed by atoms with E-state index in [0.717, 1.165) is 43.6 Å². The highest BCUT2D eigenvalue weighted by molar-refractivity contribution is 7.89. The topological polar surface area (TPSA) is 60.9 Å². The number of fused-ring (bicyclic) bond motifs is 1. The van der Waals surface area contributed by atoms with E-state index in [9.17, 15) is 13.2 Å². The summed E-state index contributed by atoms with van der Waals surface area (Å²) >= 11 is 0. The Kier molecular flexibility index (Phi) is 4.79. The number of benzene rings is 1. The van der Waals surface area contributed by atoms with E-state index in [1.54, 1.807) is 34.3 Å². The second-order valence-corrected chi connectivity index (χ2v) is 9.53. The third-order valence-corrected chi connectivity index (χ3v) is 7.94. The molecule has 3 aliphatic heterocycles. The molecular formula is C19H27N3O3S.